The van der Waals surface area contributed by atoms with Gasteiger partial charge in [-0.3, -0.25) is 0 Å². The van der Waals surface area contributed by atoms with Crippen molar-refractivity contribution < 1.29 is 4.43 Å². The van der Waals surface area contributed by atoms with Gasteiger partial charge in [-0.25, -0.2) is 0 Å². The average molecular weight is 465 g/mol. The number of hydrogen-bond donors (Lipinski definition) is 0. The molecule has 0 bridgehead atoms. The SMILES string of the molecule is CSc1ccc(/C(=C/CCC2([SiH](C)C)C=CC=CC2)O[Si](C)(C)c2ccccc2)cc1. The Labute approximate surface area is 196 Å². The molecule has 0 amide bonds. The van der Waals surface area contributed by atoms with Crippen molar-refractivity contribution in [2.24, 2.45) is 0 Å². The molecule has 164 valence electrons. The average Bonchev–Trinajstić information content (AvgIpc) is 2.79. The van der Waals surface area contributed by atoms with Gasteiger partial charge in [-0.15, -0.1) is 11.8 Å². The van der Waals surface area contributed by atoms with Crippen LogP contribution in [0.5, 0.6) is 0 Å². The summed E-state index contributed by atoms with van der Waals surface area (Å²) < 4.78 is 6.84. The van der Waals surface area contributed by atoms with Crippen LogP contribution < -0.4 is 5.19 Å². The fourth-order valence-electron chi connectivity index (χ4n) is 4.20. The molecular formula is C27H36OSSi2. The smallest absolute Gasteiger partial charge is 0.276 e. The van der Waals surface area contributed by atoms with Crippen LogP contribution in [0, 0.1) is 0 Å². The maximum atomic E-state index is 6.84. The molecule has 1 nitrogen and oxygen atoms in total. The van der Waals surface area contributed by atoms with Gasteiger partial charge in [0.1, 0.15) is 5.76 Å². The Morgan fingerprint density at radius 3 is 2.35 bits per heavy atom. The molecule has 4 heteroatoms. The van der Waals surface area contributed by atoms with Crippen LogP contribution in [0.15, 0.2) is 89.9 Å². The second kappa shape index (κ2) is 10.7. The Bertz CT molecular complexity index is 929. The first-order valence-corrected chi connectivity index (χ1v) is 18.3. The highest BCUT2D eigenvalue weighted by atomic mass is 32.2. The van der Waals surface area contributed by atoms with Crippen LogP contribution >= 0.6 is 11.8 Å². The van der Waals surface area contributed by atoms with Crippen LogP contribution in [0.1, 0.15) is 24.8 Å². The largest absolute Gasteiger partial charge is 0.539 e. The lowest BCUT2D eigenvalue weighted by Gasteiger charge is -2.35. The van der Waals surface area contributed by atoms with Crippen molar-refractivity contribution in [2.45, 2.75) is 55.4 Å². The molecule has 0 heterocycles. The highest BCUT2D eigenvalue weighted by molar-refractivity contribution is 7.98. The lowest BCUT2D eigenvalue weighted by molar-refractivity contribution is 0.515. The normalized spacial score (nSPS) is 19.1. The van der Waals surface area contributed by atoms with Crippen molar-refractivity contribution in [3.8, 4) is 0 Å². The zero-order chi connectivity index (χ0) is 22.3. The molecule has 0 saturated heterocycles. The van der Waals surface area contributed by atoms with Gasteiger partial charge in [0, 0.05) is 19.3 Å². The van der Waals surface area contributed by atoms with E-state index >= 15 is 0 Å². The first-order valence-electron chi connectivity index (χ1n) is 11.3. The molecule has 0 saturated carbocycles. The van der Waals surface area contributed by atoms with Crippen LogP contribution in [0.2, 0.25) is 31.2 Å². The van der Waals surface area contributed by atoms with Crippen LogP contribution in [0.4, 0.5) is 0 Å². The van der Waals surface area contributed by atoms with E-state index < -0.39 is 17.1 Å². The highest BCUT2D eigenvalue weighted by Gasteiger charge is 2.31. The van der Waals surface area contributed by atoms with Crippen LogP contribution in [-0.4, -0.2) is 23.4 Å². The van der Waals surface area contributed by atoms with E-state index in [4.69, 9.17) is 4.43 Å². The van der Waals surface area contributed by atoms with E-state index in [1.54, 1.807) is 11.8 Å². The van der Waals surface area contributed by atoms with Gasteiger partial charge in [0.05, 0.1) is 0 Å². The minimum Gasteiger partial charge on any atom is -0.539 e. The molecule has 2 aromatic rings. The van der Waals surface area contributed by atoms with E-state index in [2.05, 4.69) is 117 Å². The summed E-state index contributed by atoms with van der Waals surface area (Å²) >= 11 is 1.78. The Morgan fingerprint density at radius 2 is 1.77 bits per heavy atom. The van der Waals surface area contributed by atoms with Crippen LogP contribution in [0.25, 0.3) is 5.76 Å². The lowest BCUT2D eigenvalue weighted by atomic mass is 9.93. The number of hydrogen-bond acceptors (Lipinski definition) is 2. The van der Waals surface area contributed by atoms with Gasteiger partial charge in [0.15, 0.2) is 0 Å². The highest BCUT2D eigenvalue weighted by Crippen LogP contribution is 2.44. The van der Waals surface area contributed by atoms with Gasteiger partial charge in [-0.1, -0.05) is 79.9 Å². The van der Waals surface area contributed by atoms with E-state index in [1.165, 1.54) is 28.5 Å². The van der Waals surface area contributed by atoms with E-state index in [9.17, 15) is 0 Å². The Balaban J connectivity index is 1.86. The summed E-state index contributed by atoms with van der Waals surface area (Å²) in [7, 11) is -2.90. The summed E-state index contributed by atoms with van der Waals surface area (Å²) in [6.45, 7) is 9.56. The molecule has 0 fully saturated rings. The first-order chi connectivity index (χ1) is 14.9. The van der Waals surface area contributed by atoms with E-state index in [0.29, 0.717) is 5.04 Å². The van der Waals surface area contributed by atoms with E-state index in [-0.39, 0.29) is 0 Å². The summed E-state index contributed by atoms with van der Waals surface area (Å²) in [5.41, 5.74) is 1.18. The molecule has 0 aliphatic heterocycles. The van der Waals surface area contributed by atoms with Crippen molar-refractivity contribution in [1.82, 2.24) is 0 Å². The molecule has 31 heavy (non-hydrogen) atoms. The molecule has 0 N–H and O–H groups in total. The van der Waals surface area contributed by atoms with Crippen LogP contribution in [0.3, 0.4) is 0 Å². The van der Waals surface area contributed by atoms with E-state index in [1.807, 2.05) is 0 Å². The third kappa shape index (κ3) is 6.15. The first kappa shape index (κ1) is 23.9. The maximum Gasteiger partial charge on any atom is 0.276 e. The van der Waals surface area contributed by atoms with Crippen molar-refractivity contribution >= 4 is 39.8 Å². The Kier molecular flexibility index (Phi) is 8.26. The molecule has 0 spiro atoms. The second-order valence-electron chi connectivity index (χ2n) is 9.19. The molecule has 1 aliphatic rings. The number of rotatable bonds is 9. The summed E-state index contributed by atoms with van der Waals surface area (Å²) in [6.07, 6.45) is 17.2. The number of thioether (sulfide) groups is 1. The number of allylic oxidation sites excluding steroid dienone is 5. The van der Waals surface area contributed by atoms with Crippen molar-refractivity contribution in [2.75, 3.05) is 6.26 Å². The Hall–Kier alpha value is -1.76. The predicted octanol–water partition coefficient (Wildman–Crippen LogP) is 7.40. The molecule has 1 aliphatic carbocycles. The third-order valence-electron chi connectivity index (χ3n) is 6.47. The lowest BCUT2D eigenvalue weighted by Crippen LogP contribution is -2.44. The van der Waals surface area contributed by atoms with Gasteiger partial charge in [-0.2, -0.15) is 0 Å². The molecule has 2 aromatic carbocycles. The van der Waals surface area contributed by atoms with Gasteiger partial charge >= 0.3 is 0 Å². The molecule has 0 radical (unpaired) electrons. The zero-order valence-electron chi connectivity index (χ0n) is 19.6. The van der Waals surface area contributed by atoms with Gasteiger partial charge < -0.3 is 4.43 Å². The number of benzene rings is 2. The summed E-state index contributed by atoms with van der Waals surface area (Å²) in [5, 5.41) is 1.71. The fraction of sp³-hybridized carbons (Fsp3) is 0.333. The molecule has 3 rings (SSSR count). The van der Waals surface area contributed by atoms with Crippen molar-refractivity contribution in [3.63, 3.8) is 0 Å². The summed E-state index contributed by atoms with van der Waals surface area (Å²) in [4.78, 5) is 1.28. The molecule has 0 aromatic heterocycles. The topological polar surface area (TPSA) is 9.23 Å². The third-order valence-corrected chi connectivity index (χ3v) is 12.7. The van der Waals surface area contributed by atoms with Gasteiger partial charge in [-0.05, 0) is 67.0 Å². The Morgan fingerprint density at radius 1 is 1.06 bits per heavy atom. The molecule has 1 atom stereocenters. The predicted molar refractivity (Wildman–Crippen MR) is 145 cm³/mol. The van der Waals surface area contributed by atoms with E-state index in [0.717, 1.165) is 12.2 Å². The fourth-order valence-corrected chi connectivity index (χ4v) is 8.32. The molecular weight excluding hydrogens is 429 g/mol. The molecule has 1 unspecified atom stereocenters. The zero-order valence-corrected chi connectivity index (χ0v) is 22.6. The van der Waals surface area contributed by atoms with Gasteiger partial charge in [0.2, 0.25) is 0 Å². The monoisotopic (exact) mass is 464 g/mol. The minimum absolute atomic E-state index is 0.380. The minimum atomic E-state index is -2.07. The summed E-state index contributed by atoms with van der Waals surface area (Å²) in [5.74, 6) is 1.05. The van der Waals surface area contributed by atoms with Crippen molar-refractivity contribution in [3.05, 3.63) is 90.5 Å². The summed E-state index contributed by atoms with van der Waals surface area (Å²) in [6, 6.07) is 19.5. The maximum absolute atomic E-state index is 6.84. The standard InChI is InChI=1S/C27H36OSSi2/c1-29-24-18-16-23(17-19-24)26(28-31(4,5)25-13-8-6-9-14-25)15-12-22-27(30(2)3)20-10-7-11-21-27/h6-11,13-20,30H,12,21-22H2,1-5H3/b26-15-. The second-order valence-corrected chi connectivity index (χ2v) is 17.3. The quantitative estimate of drug-likeness (QED) is 0.217. The van der Waals surface area contributed by atoms with Crippen molar-refractivity contribution in [1.29, 1.82) is 0 Å². The van der Waals surface area contributed by atoms with Crippen LogP contribution in [-0.2, 0) is 4.43 Å². The van der Waals surface area contributed by atoms with Gasteiger partial charge in [0.25, 0.3) is 8.32 Å².